The van der Waals surface area contributed by atoms with E-state index in [-0.39, 0.29) is 22.1 Å². The zero-order valence-corrected chi connectivity index (χ0v) is 25.8. The van der Waals surface area contributed by atoms with Crippen LogP contribution in [0.4, 0.5) is 11.4 Å². The van der Waals surface area contributed by atoms with E-state index in [1.807, 2.05) is 18.7 Å². The van der Waals surface area contributed by atoms with Gasteiger partial charge in [-0.25, -0.2) is 4.99 Å². The van der Waals surface area contributed by atoms with Crippen LogP contribution in [0.2, 0.25) is 0 Å². The molecule has 0 N–H and O–H groups in total. The van der Waals surface area contributed by atoms with Crippen LogP contribution in [-0.4, -0.2) is 60.7 Å². The number of benzene rings is 2. The van der Waals surface area contributed by atoms with E-state index in [0.29, 0.717) is 62.0 Å². The molecule has 1 amide bonds. The molecule has 3 aromatic rings. The molecular formula is C31H35N5O6S. The van der Waals surface area contributed by atoms with Gasteiger partial charge in [0.05, 0.1) is 34.9 Å². The number of nitro groups is 1. The molecular weight excluding hydrogens is 570 g/mol. The third-order valence-corrected chi connectivity index (χ3v) is 8.96. The smallest absolute Gasteiger partial charge is 0.293 e. The van der Waals surface area contributed by atoms with Gasteiger partial charge in [-0.2, -0.15) is 0 Å². The number of amides is 1. The lowest BCUT2D eigenvalue weighted by atomic mass is 9.93. The molecule has 11 nitrogen and oxygen atoms in total. The molecule has 43 heavy (non-hydrogen) atoms. The number of anilines is 1. The highest BCUT2D eigenvalue weighted by Gasteiger charge is 2.36. The standard InChI is InChI=1S/C31H35N5O6S/c1-6-33(7-2)30(38)27-19(3)32-31-35(28(27)22-18-21(41-4)11-13-25(22)42-5)29(37)26(43-31)17-20-10-12-23(24(16-20)36(39)40)34-14-8-9-15-34/h10-13,16-18,28H,6-9,14-15H2,1-5H3/b26-17-/t28-/m0/s1. The number of nitrogens with zero attached hydrogens (tertiary/aromatic N) is 5. The van der Waals surface area contributed by atoms with Gasteiger partial charge in [0.15, 0.2) is 4.80 Å². The maximum absolute atomic E-state index is 14.2. The minimum atomic E-state index is -0.830. The third kappa shape index (κ3) is 5.54. The van der Waals surface area contributed by atoms with Crippen LogP contribution in [0.3, 0.4) is 0 Å². The summed E-state index contributed by atoms with van der Waals surface area (Å²) < 4.78 is 13.1. The fourth-order valence-electron chi connectivity index (χ4n) is 5.78. The fourth-order valence-corrected chi connectivity index (χ4v) is 6.82. The topological polar surface area (TPSA) is 120 Å². The van der Waals surface area contributed by atoms with Gasteiger partial charge in [-0.1, -0.05) is 17.4 Å². The molecule has 1 saturated heterocycles. The number of likely N-dealkylation sites (N-methyl/N-ethyl adjacent to an activating group) is 1. The van der Waals surface area contributed by atoms with E-state index in [0.717, 1.165) is 25.9 Å². The Labute approximate surface area is 253 Å². The first-order valence-electron chi connectivity index (χ1n) is 14.3. The van der Waals surface area contributed by atoms with Crippen molar-refractivity contribution < 1.29 is 19.2 Å². The minimum Gasteiger partial charge on any atom is -0.497 e. The van der Waals surface area contributed by atoms with Crippen LogP contribution in [-0.2, 0) is 4.79 Å². The number of hydrogen-bond donors (Lipinski definition) is 0. The first kappa shape index (κ1) is 30.0. The number of fused-ring (bicyclic) bond motifs is 1. The largest absolute Gasteiger partial charge is 0.497 e. The highest BCUT2D eigenvalue weighted by atomic mass is 32.1. The zero-order valence-electron chi connectivity index (χ0n) is 25.0. The van der Waals surface area contributed by atoms with E-state index in [4.69, 9.17) is 14.5 Å². The van der Waals surface area contributed by atoms with Gasteiger partial charge in [0.25, 0.3) is 17.2 Å². The average molecular weight is 606 g/mol. The summed E-state index contributed by atoms with van der Waals surface area (Å²) in [6.45, 7) is 8.12. The Kier molecular flexibility index (Phi) is 8.67. The van der Waals surface area contributed by atoms with Crippen LogP contribution < -0.4 is 29.3 Å². The average Bonchev–Trinajstić information content (AvgIpc) is 3.65. The maximum atomic E-state index is 14.2. The number of ether oxygens (including phenoxy) is 2. The number of carbonyl (C=O) groups is 1. The second-order valence-electron chi connectivity index (χ2n) is 10.4. The minimum absolute atomic E-state index is 0.00497. The second kappa shape index (κ2) is 12.4. The molecule has 1 atom stereocenters. The number of rotatable bonds is 9. The quantitative estimate of drug-likeness (QED) is 0.270. The molecule has 12 heteroatoms. The summed E-state index contributed by atoms with van der Waals surface area (Å²) in [6, 6.07) is 9.50. The van der Waals surface area contributed by atoms with Gasteiger partial charge >= 0.3 is 0 Å². The van der Waals surface area contributed by atoms with Crippen LogP contribution in [0.1, 0.15) is 50.8 Å². The van der Waals surface area contributed by atoms with Crippen molar-refractivity contribution in [1.29, 1.82) is 0 Å². The lowest BCUT2D eigenvalue weighted by Gasteiger charge is -2.30. The number of thiazole rings is 1. The number of carbonyl (C=O) groups excluding carboxylic acids is 1. The molecule has 0 unspecified atom stereocenters. The molecule has 3 heterocycles. The van der Waals surface area contributed by atoms with Crippen molar-refractivity contribution in [3.63, 3.8) is 0 Å². The summed E-state index contributed by atoms with van der Waals surface area (Å²) in [7, 11) is 3.09. The van der Waals surface area contributed by atoms with E-state index in [9.17, 15) is 19.7 Å². The Morgan fingerprint density at radius 1 is 1.14 bits per heavy atom. The molecule has 0 bridgehead atoms. The maximum Gasteiger partial charge on any atom is 0.293 e. The molecule has 2 aromatic carbocycles. The van der Waals surface area contributed by atoms with Crippen molar-refractivity contribution in [2.24, 2.45) is 4.99 Å². The van der Waals surface area contributed by atoms with Gasteiger partial charge in [0, 0.05) is 37.8 Å². The number of aromatic nitrogens is 1. The second-order valence-corrected chi connectivity index (χ2v) is 11.4. The highest BCUT2D eigenvalue weighted by Crippen LogP contribution is 2.38. The third-order valence-electron chi connectivity index (χ3n) is 7.97. The van der Waals surface area contributed by atoms with Crippen LogP contribution in [0.25, 0.3) is 6.08 Å². The van der Waals surface area contributed by atoms with Gasteiger partial charge in [-0.05, 0) is 69.5 Å². The first-order chi connectivity index (χ1) is 20.7. The summed E-state index contributed by atoms with van der Waals surface area (Å²) in [5.74, 6) is 0.823. The van der Waals surface area contributed by atoms with Gasteiger partial charge in [0.2, 0.25) is 0 Å². The van der Waals surface area contributed by atoms with Crippen LogP contribution in [0, 0.1) is 10.1 Å². The van der Waals surface area contributed by atoms with Gasteiger partial charge in [-0.3, -0.25) is 24.3 Å². The van der Waals surface area contributed by atoms with Crippen LogP contribution in [0.15, 0.2) is 57.5 Å². The summed E-state index contributed by atoms with van der Waals surface area (Å²) in [5.41, 5.74) is 2.23. The van der Waals surface area contributed by atoms with E-state index < -0.39 is 6.04 Å². The van der Waals surface area contributed by atoms with Crippen molar-refractivity contribution in [3.05, 3.63) is 88.6 Å². The van der Waals surface area contributed by atoms with Crippen molar-refractivity contribution in [2.75, 3.05) is 45.3 Å². The summed E-state index contributed by atoms with van der Waals surface area (Å²) in [5, 5.41) is 12.0. The molecule has 0 spiro atoms. The van der Waals surface area contributed by atoms with E-state index >= 15 is 0 Å². The molecule has 0 aliphatic carbocycles. The predicted octanol–water partition coefficient (Wildman–Crippen LogP) is 3.63. The SMILES string of the molecule is CCN(CC)C(=O)C1=C(C)N=c2s/c(=C\c3ccc(N4CCCC4)c([N+](=O)[O-])c3)c(=O)n2[C@H]1c1cc(OC)ccc1OC. The van der Waals surface area contributed by atoms with Crippen LogP contribution >= 0.6 is 11.3 Å². The van der Waals surface area contributed by atoms with E-state index in [2.05, 4.69) is 0 Å². The molecule has 226 valence electrons. The van der Waals surface area contributed by atoms with E-state index in [1.165, 1.54) is 29.1 Å². The first-order valence-corrected chi connectivity index (χ1v) is 15.1. The highest BCUT2D eigenvalue weighted by molar-refractivity contribution is 7.07. The Bertz CT molecular complexity index is 1780. The van der Waals surface area contributed by atoms with Gasteiger partial charge in [-0.15, -0.1) is 0 Å². The normalized spacial score (nSPS) is 16.6. The molecule has 5 rings (SSSR count). The monoisotopic (exact) mass is 605 g/mol. The Balaban J connectivity index is 1.72. The summed E-state index contributed by atoms with van der Waals surface area (Å²) >= 11 is 1.18. The Hall–Kier alpha value is -4.45. The molecule has 0 saturated carbocycles. The van der Waals surface area contributed by atoms with Gasteiger partial charge < -0.3 is 19.3 Å². The zero-order chi connectivity index (χ0) is 30.8. The van der Waals surface area contributed by atoms with Crippen LogP contribution in [0.5, 0.6) is 11.5 Å². The molecule has 1 fully saturated rings. The molecule has 2 aliphatic rings. The van der Waals surface area contributed by atoms with E-state index in [1.54, 1.807) is 55.3 Å². The fraction of sp³-hybridized carbons (Fsp3) is 0.387. The van der Waals surface area contributed by atoms with Crippen molar-refractivity contribution in [3.8, 4) is 11.5 Å². The number of nitro benzene ring substituents is 1. The van der Waals surface area contributed by atoms with Crippen molar-refractivity contribution >= 4 is 34.7 Å². The van der Waals surface area contributed by atoms with Crippen molar-refractivity contribution in [1.82, 2.24) is 9.47 Å². The number of allylic oxidation sites excluding steroid dienone is 1. The predicted molar refractivity (Wildman–Crippen MR) is 166 cm³/mol. The number of methoxy groups -OCH3 is 2. The Morgan fingerprint density at radius 2 is 1.86 bits per heavy atom. The summed E-state index contributed by atoms with van der Waals surface area (Å²) in [6.07, 6.45) is 3.64. The van der Waals surface area contributed by atoms with Crippen molar-refractivity contribution in [2.45, 2.75) is 39.7 Å². The van der Waals surface area contributed by atoms with Gasteiger partial charge in [0.1, 0.15) is 23.2 Å². The lowest BCUT2D eigenvalue weighted by Crippen LogP contribution is -2.43. The summed E-state index contributed by atoms with van der Waals surface area (Å²) in [4.78, 5) is 48.5. The molecule has 0 radical (unpaired) electrons. The Morgan fingerprint density at radius 3 is 2.49 bits per heavy atom. The molecule has 2 aliphatic heterocycles. The number of hydrogen-bond acceptors (Lipinski definition) is 9. The molecule has 1 aromatic heterocycles. The lowest BCUT2D eigenvalue weighted by molar-refractivity contribution is -0.384.